The third kappa shape index (κ3) is 1.94. The molecule has 0 aliphatic rings. The maximum atomic E-state index is 12.7. The van der Waals surface area contributed by atoms with E-state index in [2.05, 4.69) is 9.84 Å². The van der Waals surface area contributed by atoms with Crippen LogP contribution in [0, 0.1) is 0 Å². The van der Waals surface area contributed by atoms with Gasteiger partial charge in [-0.05, 0) is 12.1 Å². The second kappa shape index (κ2) is 4.27. The quantitative estimate of drug-likeness (QED) is 0.807. The molecular formula is C10H10F2N2O3. The summed E-state index contributed by atoms with van der Waals surface area (Å²) >= 11 is 0. The third-order valence-electron chi connectivity index (χ3n) is 2.36. The first-order valence-corrected chi connectivity index (χ1v) is 4.74. The molecule has 0 saturated heterocycles. The number of hydrogen-bond donors (Lipinski definition) is 2. The third-order valence-corrected chi connectivity index (χ3v) is 2.36. The van der Waals surface area contributed by atoms with Crippen molar-refractivity contribution >= 4 is 10.9 Å². The molecule has 2 rings (SSSR count). The van der Waals surface area contributed by atoms with E-state index in [1.54, 1.807) is 0 Å². The van der Waals surface area contributed by atoms with E-state index >= 15 is 0 Å². The van der Waals surface area contributed by atoms with Crippen molar-refractivity contribution < 1.29 is 23.7 Å². The van der Waals surface area contributed by atoms with E-state index in [0.717, 1.165) is 6.07 Å². The lowest BCUT2D eigenvalue weighted by Crippen LogP contribution is -2.04. The van der Waals surface area contributed by atoms with Crippen LogP contribution >= 0.6 is 0 Å². The monoisotopic (exact) mass is 244 g/mol. The van der Waals surface area contributed by atoms with Gasteiger partial charge in [0, 0.05) is 18.6 Å². The molecule has 92 valence electrons. The highest BCUT2D eigenvalue weighted by Crippen LogP contribution is 2.29. The van der Waals surface area contributed by atoms with Crippen LogP contribution in [0.4, 0.5) is 8.78 Å². The maximum absolute atomic E-state index is 12.7. The normalized spacial score (nSPS) is 13.5. The van der Waals surface area contributed by atoms with Gasteiger partial charge in [0.15, 0.2) is 0 Å². The average Bonchev–Trinajstić information content (AvgIpc) is 2.66. The highest BCUT2D eigenvalue weighted by molar-refractivity contribution is 5.83. The number of fused-ring (bicyclic) bond motifs is 1. The highest BCUT2D eigenvalue weighted by atomic mass is 19.3. The number of rotatable bonds is 3. The van der Waals surface area contributed by atoms with Crippen molar-refractivity contribution in [2.24, 2.45) is 0 Å². The lowest BCUT2D eigenvalue weighted by molar-refractivity contribution is -0.0800. The van der Waals surface area contributed by atoms with Gasteiger partial charge in [-0.15, -0.1) is 0 Å². The molecule has 0 radical (unpaired) electrons. The van der Waals surface area contributed by atoms with Crippen LogP contribution in [0.5, 0.6) is 5.75 Å². The first-order chi connectivity index (χ1) is 8.04. The number of aliphatic hydroxyl groups excluding tert-OH is 1. The smallest absolute Gasteiger partial charge is 0.333 e. The highest BCUT2D eigenvalue weighted by Gasteiger charge is 2.21. The van der Waals surface area contributed by atoms with Crippen molar-refractivity contribution in [3.63, 3.8) is 0 Å². The molecule has 1 atom stereocenters. The van der Waals surface area contributed by atoms with E-state index < -0.39 is 12.8 Å². The number of hydrogen-bond acceptors (Lipinski definition) is 4. The predicted molar refractivity (Wildman–Crippen MR) is 54.6 cm³/mol. The van der Waals surface area contributed by atoms with Crippen molar-refractivity contribution in [2.45, 2.75) is 12.8 Å². The SMILES string of the molecule is COC(O)c1nn(C(F)F)c2cc(O)ccc12. The molecular weight excluding hydrogens is 234 g/mol. The van der Waals surface area contributed by atoms with Crippen LogP contribution in [-0.2, 0) is 4.74 Å². The van der Waals surface area contributed by atoms with Crippen LogP contribution in [0.3, 0.4) is 0 Å². The molecule has 0 spiro atoms. The van der Waals surface area contributed by atoms with E-state index in [-0.39, 0.29) is 17.0 Å². The fourth-order valence-electron chi connectivity index (χ4n) is 1.59. The number of alkyl halides is 2. The van der Waals surface area contributed by atoms with Gasteiger partial charge in [0.2, 0.25) is 6.29 Å². The zero-order valence-corrected chi connectivity index (χ0v) is 8.84. The summed E-state index contributed by atoms with van der Waals surface area (Å²) in [5.74, 6) is -0.155. The minimum Gasteiger partial charge on any atom is -0.508 e. The predicted octanol–water partition coefficient (Wildman–Crippen LogP) is 1.77. The van der Waals surface area contributed by atoms with Gasteiger partial charge in [0.25, 0.3) is 0 Å². The number of phenolic OH excluding ortho intramolecular Hbond substituents is 1. The van der Waals surface area contributed by atoms with Gasteiger partial charge in [0.1, 0.15) is 11.4 Å². The zero-order chi connectivity index (χ0) is 12.6. The zero-order valence-electron chi connectivity index (χ0n) is 8.84. The van der Waals surface area contributed by atoms with Crippen molar-refractivity contribution in [1.29, 1.82) is 0 Å². The minimum atomic E-state index is -2.86. The Hall–Kier alpha value is -1.73. The van der Waals surface area contributed by atoms with Gasteiger partial charge in [0.05, 0.1) is 5.52 Å². The number of halogens is 2. The van der Waals surface area contributed by atoms with Crippen LogP contribution in [0.2, 0.25) is 0 Å². The van der Waals surface area contributed by atoms with Crippen LogP contribution < -0.4 is 0 Å². The van der Waals surface area contributed by atoms with Gasteiger partial charge < -0.3 is 14.9 Å². The number of aromatic nitrogens is 2. The van der Waals surface area contributed by atoms with E-state index in [1.165, 1.54) is 19.2 Å². The summed E-state index contributed by atoms with van der Waals surface area (Å²) in [7, 11) is 1.23. The molecule has 2 N–H and O–H groups in total. The molecule has 0 aliphatic heterocycles. The molecule has 0 amide bonds. The molecule has 1 aromatic heterocycles. The number of nitrogens with zero attached hydrogens (tertiary/aromatic N) is 2. The van der Waals surface area contributed by atoms with Gasteiger partial charge in [-0.2, -0.15) is 13.9 Å². The molecule has 0 aliphatic carbocycles. The van der Waals surface area contributed by atoms with Crippen molar-refractivity contribution in [3.8, 4) is 5.75 Å². The second-order valence-corrected chi connectivity index (χ2v) is 3.40. The molecule has 1 heterocycles. The lowest BCUT2D eigenvalue weighted by atomic mass is 10.2. The van der Waals surface area contributed by atoms with Crippen LogP contribution in [-0.4, -0.2) is 27.1 Å². The summed E-state index contributed by atoms with van der Waals surface area (Å²) in [5, 5.41) is 22.6. The van der Waals surface area contributed by atoms with Gasteiger partial charge in [-0.3, -0.25) is 0 Å². The average molecular weight is 244 g/mol. The summed E-state index contributed by atoms with van der Waals surface area (Å²) < 4.78 is 30.5. The Morgan fingerprint density at radius 2 is 2.12 bits per heavy atom. The second-order valence-electron chi connectivity index (χ2n) is 3.40. The number of ether oxygens (including phenoxy) is 1. The fourth-order valence-corrected chi connectivity index (χ4v) is 1.59. The number of aromatic hydroxyl groups is 1. The van der Waals surface area contributed by atoms with E-state index in [0.29, 0.717) is 10.1 Å². The number of methoxy groups -OCH3 is 1. The largest absolute Gasteiger partial charge is 0.508 e. The minimum absolute atomic E-state index is 0.0113. The number of aliphatic hydroxyl groups is 1. The standard InChI is InChI=1S/C10H10F2N2O3/c1-17-9(16)8-6-3-2-5(15)4-7(6)14(13-8)10(11)12/h2-4,9-10,15-16H,1H3. The summed E-state index contributed by atoms with van der Waals surface area (Å²) in [5.41, 5.74) is 0.0221. The molecule has 0 saturated carbocycles. The van der Waals surface area contributed by atoms with E-state index in [9.17, 15) is 19.0 Å². The molecule has 1 unspecified atom stereocenters. The molecule has 1 aromatic carbocycles. The van der Waals surface area contributed by atoms with Crippen molar-refractivity contribution in [2.75, 3.05) is 7.11 Å². The first-order valence-electron chi connectivity index (χ1n) is 4.74. The van der Waals surface area contributed by atoms with Gasteiger partial charge in [-0.1, -0.05) is 0 Å². The Morgan fingerprint density at radius 1 is 1.41 bits per heavy atom. The van der Waals surface area contributed by atoms with Gasteiger partial charge >= 0.3 is 6.55 Å². The van der Waals surface area contributed by atoms with Crippen LogP contribution in [0.25, 0.3) is 10.9 Å². The molecule has 17 heavy (non-hydrogen) atoms. The fraction of sp³-hybridized carbons (Fsp3) is 0.300. The number of phenols is 1. The lowest BCUT2D eigenvalue weighted by Gasteiger charge is -2.04. The Labute approximate surface area is 94.8 Å². The Balaban J connectivity index is 2.70. The summed E-state index contributed by atoms with van der Waals surface area (Å²) in [6.07, 6.45) is -1.39. The molecule has 7 heteroatoms. The topological polar surface area (TPSA) is 67.5 Å². The number of benzene rings is 1. The van der Waals surface area contributed by atoms with Crippen molar-refractivity contribution in [1.82, 2.24) is 9.78 Å². The Bertz CT molecular complexity index is 542. The molecule has 5 nitrogen and oxygen atoms in total. The Morgan fingerprint density at radius 3 is 2.71 bits per heavy atom. The van der Waals surface area contributed by atoms with E-state index in [4.69, 9.17) is 0 Å². The van der Waals surface area contributed by atoms with Crippen molar-refractivity contribution in [3.05, 3.63) is 23.9 Å². The van der Waals surface area contributed by atoms with E-state index in [1.807, 2.05) is 0 Å². The van der Waals surface area contributed by atoms with Crippen LogP contribution in [0.1, 0.15) is 18.5 Å². The molecule has 0 bridgehead atoms. The maximum Gasteiger partial charge on any atom is 0.333 e. The Kier molecular flexibility index (Phi) is 2.95. The first kappa shape index (κ1) is 11.7. The summed E-state index contributed by atoms with van der Waals surface area (Å²) in [4.78, 5) is 0. The molecule has 2 aromatic rings. The van der Waals surface area contributed by atoms with Crippen LogP contribution in [0.15, 0.2) is 18.2 Å². The van der Waals surface area contributed by atoms with Gasteiger partial charge in [-0.25, -0.2) is 4.68 Å². The summed E-state index contributed by atoms with van der Waals surface area (Å²) in [6.45, 7) is -2.86. The molecule has 0 fully saturated rings. The summed E-state index contributed by atoms with van der Waals surface area (Å²) in [6, 6.07) is 3.88.